The number of nitrogens with one attached hydrogen (secondary N) is 1. The number of nitrogens with two attached hydrogens (primary N) is 2. The van der Waals surface area contributed by atoms with Gasteiger partial charge in [-0.3, -0.25) is 0 Å². The van der Waals surface area contributed by atoms with Crippen molar-refractivity contribution >= 4 is 15.9 Å². The fourth-order valence-electron chi connectivity index (χ4n) is 0.917. The van der Waals surface area contributed by atoms with Crippen LogP contribution < -0.4 is 16.8 Å². The Morgan fingerprint density at radius 2 is 2.18 bits per heavy atom. The van der Waals surface area contributed by atoms with E-state index < -0.39 is 5.66 Å². The van der Waals surface area contributed by atoms with Crippen molar-refractivity contribution in [1.29, 1.82) is 0 Å². The van der Waals surface area contributed by atoms with Crippen molar-refractivity contribution in [3.63, 3.8) is 0 Å². The van der Waals surface area contributed by atoms with E-state index in [0.29, 0.717) is 5.70 Å². The summed E-state index contributed by atoms with van der Waals surface area (Å²) in [6.45, 7) is 3.77. The van der Waals surface area contributed by atoms with Gasteiger partial charge in [-0.05, 0) is 35.4 Å². The molecule has 0 saturated heterocycles. The van der Waals surface area contributed by atoms with Crippen molar-refractivity contribution < 1.29 is 0 Å². The van der Waals surface area contributed by atoms with Gasteiger partial charge in [0.1, 0.15) is 5.66 Å². The zero-order chi connectivity index (χ0) is 8.65. The maximum Gasteiger partial charge on any atom is 0.124 e. The van der Waals surface area contributed by atoms with Gasteiger partial charge in [-0.15, -0.1) is 0 Å². The Morgan fingerprint density at radius 3 is 2.64 bits per heavy atom. The Labute approximate surface area is 74.6 Å². The highest BCUT2D eigenvalue weighted by Crippen LogP contribution is 2.25. The van der Waals surface area contributed by atoms with Crippen molar-refractivity contribution in [2.45, 2.75) is 19.5 Å². The Balaban J connectivity index is 3.07. The van der Waals surface area contributed by atoms with E-state index in [1.807, 2.05) is 20.0 Å². The van der Waals surface area contributed by atoms with Crippen molar-refractivity contribution in [3.8, 4) is 0 Å². The molecule has 1 aliphatic rings. The zero-order valence-corrected chi connectivity index (χ0v) is 8.20. The maximum absolute atomic E-state index is 5.81. The van der Waals surface area contributed by atoms with Gasteiger partial charge >= 0.3 is 0 Å². The van der Waals surface area contributed by atoms with E-state index in [1.54, 1.807) is 0 Å². The number of halogens is 1. The van der Waals surface area contributed by atoms with Gasteiger partial charge in [0.25, 0.3) is 0 Å². The van der Waals surface area contributed by atoms with Gasteiger partial charge in [-0.25, -0.2) is 0 Å². The van der Waals surface area contributed by atoms with Crippen LogP contribution in [0.3, 0.4) is 0 Å². The zero-order valence-electron chi connectivity index (χ0n) is 6.61. The van der Waals surface area contributed by atoms with Crippen LogP contribution in [0.4, 0.5) is 0 Å². The smallest absolute Gasteiger partial charge is 0.124 e. The molecule has 0 fully saturated rings. The number of hydrogen-bond acceptors (Lipinski definition) is 3. The lowest BCUT2D eigenvalue weighted by Gasteiger charge is -2.31. The summed E-state index contributed by atoms with van der Waals surface area (Å²) >= 11 is 3.35. The summed E-state index contributed by atoms with van der Waals surface area (Å²) in [7, 11) is 0. The molecule has 0 saturated carbocycles. The monoisotopic (exact) mass is 217 g/mol. The molecule has 0 aromatic rings. The second-order valence-corrected chi connectivity index (χ2v) is 3.73. The van der Waals surface area contributed by atoms with Crippen LogP contribution in [0.2, 0.25) is 0 Å². The van der Waals surface area contributed by atoms with Crippen LogP contribution in [-0.4, -0.2) is 5.66 Å². The third-order valence-electron chi connectivity index (χ3n) is 1.82. The van der Waals surface area contributed by atoms with Gasteiger partial charge < -0.3 is 16.8 Å². The molecule has 0 radical (unpaired) electrons. The van der Waals surface area contributed by atoms with Gasteiger partial charge in [0.05, 0.1) is 5.70 Å². The lowest BCUT2D eigenvalue weighted by atomic mass is 10.0. The van der Waals surface area contributed by atoms with Crippen LogP contribution in [0, 0.1) is 0 Å². The molecule has 0 spiro atoms. The summed E-state index contributed by atoms with van der Waals surface area (Å²) in [5.74, 6) is 0. The molecular formula is C7H12BrN3. The summed E-state index contributed by atoms with van der Waals surface area (Å²) in [6.07, 6.45) is 1.81. The molecule has 1 unspecified atom stereocenters. The van der Waals surface area contributed by atoms with Gasteiger partial charge in [-0.2, -0.15) is 0 Å². The van der Waals surface area contributed by atoms with E-state index >= 15 is 0 Å². The second-order valence-electron chi connectivity index (χ2n) is 2.88. The van der Waals surface area contributed by atoms with Crippen LogP contribution >= 0.6 is 15.9 Å². The molecule has 3 nitrogen and oxygen atoms in total. The van der Waals surface area contributed by atoms with Crippen LogP contribution in [0.1, 0.15) is 13.8 Å². The van der Waals surface area contributed by atoms with Crippen LogP contribution in [0.5, 0.6) is 0 Å². The van der Waals surface area contributed by atoms with Crippen molar-refractivity contribution in [2.24, 2.45) is 11.5 Å². The van der Waals surface area contributed by atoms with E-state index in [4.69, 9.17) is 11.5 Å². The molecule has 4 heteroatoms. The first kappa shape index (κ1) is 8.62. The predicted octanol–water partition coefficient (Wildman–Crippen LogP) is 0.734. The van der Waals surface area contributed by atoms with Crippen molar-refractivity contribution in [2.75, 3.05) is 0 Å². The van der Waals surface area contributed by atoms with Crippen molar-refractivity contribution in [1.82, 2.24) is 5.32 Å². The molecule has 62 valence electrons. The third-order valence-corrected chi connectivity index (χ3v) is 2.64. The lowest BCUT2D eigenvalue weighted by molar-refractivity contribution is 0.475. The molecule has 1 atom stereocenters. The number of allylic oxidation sites excluding steroid dienone is 2. The first-order valence-corrected chi connectivity index (χ1v) is 4.14. The predicted molar refractivity (Wildman–Crippen MR) is 49.6 cm³/mol. The molecule has 1 aliphatic heterocycles. The first-order chi connectivity index (χ1) is 4.95. The molecule has 5 N–H and O–H groups in total. The van der Waals surface area contributed by atoms with Crippen LogP contribution in [-0.2, 0) is 0 Å². The molecule has 1 heterocycles. The minimum Gasteiger partial charge on any atom is -0.399 e. The highest BCUT2D eigenvalue weighted by Gasteiger charge is 2.25. The minimum absolute atomic E-state index is 0.610. The average Bonchev–Trinajstić information content (AvgIpc) is 1.95. The first-order valence-electron chi connectivity index (χ1n) is 3.34. The van der Waals surface area contributed by atoms with E-state index in [-0.39, 0.29) is 0 Å². The fraction of sp³-hybridized carbons (Fsp3) is 0.429. The number of rotatable bonds is 0. The summed E-state index contributed by atoms with van der Waals surface area (Å²) in [5, 5.41) is 2.97. The quantitative estimate of drug-likeness (QED) is 0.561. The summed E-state index contributed by atoms with van der Waals surface area (Å²) < 4.78 is 0.956. The SMILES string of the molecule is CC1=C(N)C(C)(N)NC=C1Br. The van der Waals surface area contributed by atoms with Gasteiger partial charge in [0, 0.05) is 10.7 Å². The number of dihydropyridines is 1. The molecule has 0 aromatic carbocycles. The topological polar surface area (TPSA) is 64.1 Å². The standard InChI is InChI=1S/C7H12BrN3/c1-4-5(8)3-11-7(2,10)6(4)9/h3,11H,9-10H2,1-2H3. The average molecular weight is 218 g/mol. The second kappa shape index (κ2) is 2.53. The van der Waals surface area contributed by atoms with Gasteiger partial charge in [-0.1, -0.05) is 0 Å². The highest BCUT2D eigenvalue weighted by molar-refractivity contribution is 9.12. The fourth-order valence-corrected chi connectivity index (χ4v) is 1.25. The lowest BCUT2D eigenvalue weighted by Crippen LogP contribution is -2.54. The largest absolute Gasteiger partial charge is 0.399 e. The van der Waals surface area contributed by atoms with Crippen LogP contribution in [0.15, 0.2) is 22.0 Å². The normalized spacial score (nSPS) is 31.5. The van der Waals surface area contributed by atoms with Gasteiger partial charge in [0.15, 0.2) is 0 Å². The molecule has 1 rings (SSSR count). The molecule has 0 aromatic heterocycles. The molecule has 0 aliphatic carbocycles. The third kappa shape index (κ3) is 1.41. The highest BCUT2D eigenvalue weighted by atomic mass is 79.9. The van der Waals surface area contributed by atoms with Crippen molar-refractivity contribution in [3.05, 3.63) is 22.0 Å². The Bertz CT molecular complexity index is 240. The Morgan fingerprint density at radius 1 is 1.64 bits per heavy atom. The molecular weight excluding hydrogens is 206 g/mol. The van der Waals surface area contributed by atoms with E-state index in [2.05, 4.69) is 21.2 Å². The molecule has 0 bridgehead atoms. The summed E-state index contributed by atoms with van der Waals surface area (Å²) in [5.41, 5.74) is 12.6. The molecule has 0 amide bonds. The summed E-state index contributed by atoms with van der Waals surface area (Å²) in [6, 6.07) is 0. The van der Waals surface area contributed by atoms with E-state index in [9.17, 15) is 0 Å². The summed E-state index contributed by atoms with van der Waals surface area (Å²) in [4.78, 5) is 0. The maximum atomic E-state index is 5.81. The minimum atomic E-state index is -0.610. The van der Waals surface area contributed by atoms with E-state index in [1.165, 1.54) is 0 Å². The van der Waals surface area contributed by atoms with Gasteiger partial charge in [0.2, 0.25) is 0 Å². The number of hydrogen-bond donors (Lipinski definition) is 3. The Hall–Kier alpha value is -0.480. The Kier molecular flexibility index (Phi) is 1.98. The van der Waals surface area contributed by atoms with Crippen LogP contribution in [0.25, 0.3) is 0 Å². The van der Waals surface area contributed by atoms with E-state index in [0.717, 1.165) is 10.1 Å². The molecule has 11 heavy (non-hydrogen) atoms.